The molecule has 1 unspecified atom stereocenters. The van der Waals surface area contributed by atoms with E-state index in [-0.39, 0.29) is 0 Å². The summed E-state index contributed by atoms with van der Waals surface area (Å²) in [7, 11) is 0. The molecule has 1 saturated heterocycles. The summed E-state index contributed by atoms with van der Waals surface area (Å²) in [6.45, 7) is 8.22. The van der Waals surface area contributed by atoms with Crippen LogP contribution in [0.5, 0.6) is 0 Å². The highest BCUT2D eigenvalue weighted by atomic mass is 32.1. The average molecular weight is 293 g/mol. The summed E-state index contributed by atoms with van der Waals surface area (Å²) in [6, 6.07) is 3.89. The van der Waals surface area contributed by atoms with E-state index in [1.807, 2.05) is 17.5 Å². The van der Waals surface area contributed by atoms with Crippen LogP contribution in [0.15, 0.2) is 17.5 Å². The minimum Gasteiger partial charge on any atom is -0.303 e. The average Bonchev–Trinajstić information content (AvgIpc) is 2.85. The Morgan fingerprint density at radius 1 is 1.40 bits per heavy atom. The van der Waals surface area contributed by atoms with Crippen LogP contribution < -0.4 is 0 Å². The maximum atomic E-state index is 11.9. The lowest BCUT2D eigenvalue weighted by atomic mass is 9.89. The molecule has 0 N–H and O–H groups in total. The standard InChI is InChI=1S/C17H27NOS/c1-14(2)15-6-3-10-18(12-9-15)11-4-7-16(19)17-8-5-13-20-17/h5,8,13-15H,3-4,6-7,9-12H2,1-2H3. The van der Waals surface area contributed by atoms with E-state index in [1.54, 1.807) is 11.3 Å². The van der Waals surface area contributed by atoms with Crippen LogP contribution >= 0.6 is 11.3 Å². The lowest BCUT2D eigenvalue weighted by molar-refractivity contribution is 0.0978. The molecule has 2 heterocycles. The van der Waals surface area contributed by atoms with Gasteiger partial charge in [-0.25, -0.2) is 0 Å². The van der Waals surface area contributed by atoms with Gasteiger partial charge in [0.15, 0.2) is 5.78 Å². The predicted octanol–water partition coefficient (Wildman–Crippen LogP) is 4.47. The lowest BCUT2D eigenvalue weighted by Gasteiger charge is -2.21. The van der Waals surface area contributed by atoms with Crippen molar-refractivity contribution in [1.29, 1.82) is 0 Å². The first kappa shape index (κ1) is 15.7. The maximum absolute atomic E-state index is 11.9. The van der Waals surface area contributed by atoms with Crippen LogP contribution in [0.4, 0.5) is 0 Å². The molecule has 1 aliphatic heterocycles. The fourth-order valence-electron chi connectivity index (χ4n) is 3.10. The molecular weight excluding hydrogens is 266 g/mol. The van der Waals surface area contributed by atoms with Crippen molar-refractivity contribution in [3.8, 4) is 0 Å². The van der Waals surface area contributed by atoms with Gasteiger partial charge in [0.2, 0.25) is 0 Å². The Balaban J connectivity index is 1.68. The van der Waals surface area contributed by atoms with E-state index in [4.69, 9.17) is 0 Å². The van der Waals surface area contributed by atoms with Crippen LogP contribution in [-0.2, 0) is 0 Å². The second kappa shape index (κ2) is 7.94. The van der Waals surface area contributed by atoms with Gasteiger partial charge in [0.05, 0.1) is 4.88 Å². The zero-order chi connectivity index (χ0) is 14.4. The Hall–Kier alpha value is -0.670. The highest BCUT2D eigenvalue weighted by molar-refractivity contribution is 7.12. The van der Waals surface area contributed by atoms with Crippen LogP contribution in [-0.4, -0.2) is 30.3 Å². The molecule has 20 heavy (non-hydrogen) atoms. The summed E-state index contributed by atoms with van der Waals surface area (Å²) in [6.07, 6.45) is 5.73. The normalized spacial score (nSPS) is 21.1. The van der Waals surface area contributed by atoms with E-state index in [0.29, 0.717) is 12.2 Å². The zero-order valence-electron chi connectivity index (χ0n) is 12.8. The molecule has 0 aliphatic carbocycles. The number of nitrogens with zero attached hydrogens (tertiary/aromatic N) is 1. The van der Waals surface area contributed by atoms with Crippen molar-refractivity contribution in [1.82, 2.24) is 4.90 Å². The number of Topliss-reactive ketones (excluding diaryl/α,β-unsaturated/α-hetero) is 1. The summed E-state index contributed by atoms with van der Waals surface area (Å²) in [5.74, 6) is 2.03. The number of hydrogen-bond donors (Lipinski definition) is 0. The monoisotopic (exact) mass is 293 g/mol. The number of likely N-dealkylation sites (tertiary alicyclic amines) is 1. The van der Waals surface area contributed by atoms with Gasteiger partial charge in [-0.05, 0) is 68.6 Å². The third-order valence-electron chi connectivity index (χ3n) is 4.48. The molecule has 1 fully saturated rings. The SMILES string of the molecule is CC(C)C1CCCN(CCCC(=O)c2cccs2)CC1. The maximum Gasteiger partial charge on any atom is 0.172 e. The molecule has 1 aromatic rings. The highest BCUT2D eigenvalue weighted by Crippen LogP contribution is 2.24. The fourth-order valence-corrected chi connectivity index (χ4v) is 3.79. The van der Waals surface area contributed by atoms with Crippen molar-refractivity contribution in [3.05, 3.63) is 22.4 Å². The fraction of sp³-hybridized carbons (Fsp3) is 0.706. The van der Waals surface area contributed by atoms with Crippen LogP contribution in [0.3, 0.4) is 0 Å². The first-order valence-electron chi connectivity index (χ1n) is 7.96. The van der Waals surface area contributed by atoms with Gasteiger partial charge in [-0.3, -0.25) is 4.79 Å². The van der Waals surface area contributed by atoms with Gasteiger partial charge in [0.25, 0.3) is 0 Å². The van der Waals surface area contributed by atoms with Crippen molar-refractivity contribution in [2.45, 2.75) is 46.0 Å². The van der Waals surface area contributed by atoms with E-state index >= 15 is 0 Å². The molecule has 2 nitrogen and oxygen atoms in total. The largest absolute Gasteiger partial charge is 0.303 e. The first-order valence-corrected chi connectivity index (χ1v) is 8.84. The summed E-state index contributed by atoms with van der Waals surface area (Å²) >= 11 is 1.56. The zero-order valence-corrected chi connectivity index (χ0v) is 13.6. The number of ketones is 1. The molecule has 112 valence electrons. The van der Waals surface area contributed by atoms with Crippen LogP contribution in [0.2, 0.25) is 0 Å². The van der Waals surface area contributed by atoms with E-state index in [9.17, 15) is 4.79 Å². The van der Waals surface area contributed by atoms with Crippen molar-refractivity contribution >= 4 is 17.1 Å². The Labute approximate surface area is 127 Å². The molecule has 0 aromatic carbocycles. The summed E-state index contributed by atoms with van der Waals surface area (Å²) in [4.78, 5) is 15.4. The van der Waals surface area contributed by atoms with Crippen molar-refractivity contribution in [3.63, 3.8) is 0 Å². The quantitative estimate of drug-likeness (QED) is 0.721. The number of hydrogen-bond acceptors (Lipinski definition) is 3. The molecule has 0 saturated carbocycles. The summed E-state index contributed by atoms with van der Waals surface area (Å²) < 4.78 is 0. The van der Waals surface area contributed by atoms with Gasteiger partial charge in [-0.2, -0.15) is 0 Å². The molecular formula is C17H27NOS. The van der Waals surface area contributed by atoms with Gasteiger partial charge in [0, 0.05) is 6.42 Å². The number of carbonyl (C=O) groups is 1. The van der Waals surface area contributed by atoms with Gasteiger partial charge in [-0.1, -0.05) is 19.9 Å². The topological polar surface area (TPSA) is 20.3 Å². The van der Waals surface area contributed by atoms with Crippen LogP contribution in [0, 0.1) is 11.8 Å². The molecule has 0 radical (unpaired) electrons. The second-order valence-corrected chi connectivity index (χ2v) is 7.23. The van der Waals surface area contributed by atoms with Gasteiger partial charge >= 0.3 is 0 Å². The van der Waals surface area contributed by atoms with Gasteiger partial charge in [0.1, 0.15) is 0 Å². The molecule has 1 aromatic heterocycles. The predicted molar refractivity (Wildman–Crippen MR) is 86.5 cm³/mol. The Morgan fingerprint density at radius 2 is 2.25 bits per heavy atom. The van der Waals surface area contributed by atoms with Crippen LogP contribution in [0.25, 0.3) is 0 Å². The minimum absolute atomic E-state index is 0.315. The smallest absolute Gasteiger partial charge is 0.172 e. The molecule has 3 heteroatoms. The first-order chi connectivity index (χ1) is 9.66. The third kappa shape index (κ3) is 4.71. The highest BCUT2D eigenvalue weighted by Gasteiger charge is 2.19. The number of rotatable bonds is 6. The molecule has 0 amide bonds. The molecule has 2 rings (SSSR count). The molecule has 1 aliphatic rings. The minimum atomic E-state index is 0.315. The van der Waals surface area contributed by atoms with Crippen molar-refractivity contribution < 1.29 is 4.79 Å². The van der Waals surface area contributed by atoms with E-state index < -0.39 is 0 Å². The molecule has 0 bridgehead atoms. The van der Waals surface area contributed by atoms with Gasteiger partial charge < -0.3 is 4.90 Å². The Bertz CT molecular complexity index is 399. The second-order valence-electron chi connectivity index (χ2n) is 6.28. The number of thiophene rings is 1. The molecule has 0 spiro atoms. The Morgan fingerprint density at radius 3 is 2.95 bits per heavy atom. The Kier molecular flexibility index (Phi) is 6.24. The molecule has 1 atom stereocenters. The van der Waals surface area contributed by atoms with Crippen molar-refractivity contribution in [2.75, 3.05) is 19.6 Å². The van der Waals surface area contributed by atoms with E-state index in [1.165, 1.54) is 32.4 Å². The third-order valence-corrected chi connectivity index (χ3v) is 5.39. The van der Waals surface area contributed by atoms with Crippen molar-refractivity contribution in [2.24, 2.45) is 11.8 Å². The lowest BCUT2D eigenvalue weighted by Crippen LogP contribution is -2.26. The summed E-state index contributed by atoms with van der Waals surface area (Å²) in [5, 5.41) is 1.98. The van der Waals surface area contributed by atoms with E-state index in [2.05, 4.69) is 18.7 Å². The summed E-state index contributed by atoms with van der Waals surface area (Å²) in [5.41, 5.74) is 0. The van der Waals surface area contributed by atoms with Crippen LogP contribution in [0.1, 0.15) is 55.6 Å². The van der Waals surface area contributed by atoms with Gasteiger partial charge in [-0.15, -0.1) is 11.3 Å². The number of carbonyl (C=O) groups excluding carboxylic acids is 1. The van der Waals surface area contributed by atoms with E-state index in [0.717, 1.165) is 29.7 Å².